The monoisotopic (exact) mass is 340 g/mol. The molecule has 2 aliphatic heterocycles. The van der Waals surface area contributed by atoms with E-state index in [1.54, 1.807) is 0 Å². The molecule has 110 valence electrons. The second-order valence-corrected chi connectivity index (χ2v) is 6.70. The lowest BCUT2D eigenvalue weighted by atomic mass is 10.0. The Morgan fingerprint density at radius 2 is 2.00 bits per heavy atom. The van der Waals surface area contributed by atoms with Crippen molar-refractivity contribution in [2.75, 3.05) is 20.1 Å². The largest absolute Gasteiger partial charge is 0.333 e. The Morgan fingerprint density at radius 3 is 2.60 bits per heavy atom. The van der Waals surface area contributed by atoms with Gasteiger partial charge in [-0.1, -0.05) is 0 Å². The number of likely N-dealkylation sites (tertiary alicyclic amines) is 2. The number of hydrogen-bond acceptors (Lipinski definition) is 3. The molecule has 5 nitrogen and oxygen atoms in total. The molecule has 0 spiro atoms. The van der Waals surface area contributed by atoms with Crippen LogP contribution >= 0.6 is 15.9 Å². The maximum absolute atomic E-state index is 12.7. The molecule has 1 aromatic rings. The summed E-state index contributed by atoms with van der Waals surface area (Å²) in [6.07, 6.45) is 4.65. The number of carbonyl (C=O) groups is 1. The molecule has 2 atom stereocenters. The van der Waals surface area contributed by atoms with E-state index in [1.165, 1.54) is 12.8 Å². The van der Waals surface area contributed by atoms with Crippen LogP contribution in [-0.2, 0) is 0 Å². The highest BCUT2D eigenvalue weighted by molar-refractivity contribution is 9.10. The van der Waals surface area contributed by atoms with Gasteiger partial charge in [-0.2, -0.15) is 5.10 Å². The van der Waals surface area contributed by atoms with Gasteiger partial charge in [0.05, 0.1) is 4.47 Å². The number of likely N-dealkylation sites (N-methyl/N-ethyl adjacent to an activating group) is 1. The minimum absolute atomic E-state index is 0.0593. The third-order valence-corrected chi connectivity index (χ3v) is 5.63. The lowest BCUT2D eigenvalue weighted by Gasteiger charge is -2.32. The van der Waals surface area contributed by atoms with Crippen molar-refractivity contribution < 1.29 is 4.79 Å². The number of aryl methyl sites for hydroxylation is 1. The van der Waals surface area contributed by atoms with Crippen LogP contribution in [0, 0.1) is 6.92 Å². The molecule has 6 heteroatoms. The highest BCUT2D eigenvalue weighted by atomic mass is 79.9. The minimum Gasteiger partial charge on any atom is -0.333 e. The Balaban J connectivity index is 1.81. The standard InChI is InChI=1S/C14H21BrN4O/c1-9-12(15)13(17-16-9)14(20)19-8-4-6-11(19)10-5-3-7-18(10)2/h10-11H,3-8H2,1-2H3,(H,16,17)/t10-,11-/m1/s1. The zero-order valence-electron chi connectivity index (χ0n) is 12.0. The lowest BCUT2D eigenvalue weighted by molar-refractivity contribution is 0.0657. The zero-order chi connectivity index (χ0) is 14.3. The molecule has 1 N–H and O–H groups in total. The fraction of sp³-hybridized carbons (Fsp3) is 0.714. The summed E-state index contributed by atoms with van der Waals surface area (Å²) >= 11 is 3.46. The van der Waals surface area contributed by atoms with E-state index in [2.05, 4.69) is 38.1 Å². The highest BCUT2D eigenvalue weighted by Gasteiger charge is 2.39. The van der Waals surface area contributed by atoms with Gasteiger partial charge in [-0.15, -0.1) is 0 Å². The molecule has 0 radical (unpaired) electrons. The fourth-order valence-electron chi connectivity index (χ4n) is 3.56. The fourth-order valence-corrected chi connectivity index (χ4v) is 3.91. The second kappa shape index (κ2) is 5.48. The molecule has 3 heterocycles. The first kappa shape index (κ1) is 14.1. The number of H-pyrrole nitrogens is 1. The van der Waals surface area contributed by atoms with Gasteiger partial charge < -0.3 is 9.80 Å². The SMILES string of the molecule is Cc1[nH]nc(C(=O)N2CCC[C@@H]2[C@H]2CCCN2C)c1Br. The summed E-state index contributed by atoms with van der Waals surface area (Å²) in [4.78, 5) is 17.2. The molecule has 2 fully saturated rings. The molecule has 20 heavy (non-hydrogen) atoms. The summed E-state index contributed by atoms with van der Waals surface area (Å²) in [6, 6.07) is 0.860. The van der Waals surface area contributed by atoms with Crippen molar-refractivity contribution in [1.82, 2.24) is 20.0 Å². The summed E-state index contributed by atoms with van der Waals surface area (Å²) in [5, 5.41) is 7.04. The quantitative estimate of drug-likeness (QED) is 0.897. The molecule has 2 saturated heterocycles. The number of halogens is 1. The summed E-state index contributed by atoms with van der Waals surface area (Å²) in [6.45, 7) is 3.92. The smallest absolute Gasteiger partial charge is 0.275 e. The average molecular weight is 341 g/mol. The van der Waals surface area contributed by atoms with Crippen LogP contribution < -0.4 is 0 Å². The van der Waals surface area contributed by atoms with Gasteiger partial charge in [-0.05, 0) is 62.1 Å². The van der Waals surface area contributed by atoms with Gasteiger partial charge in [0.25, 0.3) is 5.91 Å². The van der Waals surface area contributed by atoms with Crippen molar-refractivity contribution in [3.8, 4) is 0 Å². The number of carbonyl (C=O) groups excluding carboxylic acids is 1. The third kappa shape index (κ3) is 2.29. The average Bonchev–Trinajstić information content (AvgIpc) is 3.11. The first-order chi connectivity index (χ1) is 9.59. The molecule has 0 unspecified atom stereocenters. The number of amides is 1. The van der Waals surface area contributed by atoms with Crippen molar-refractivity contribution in [2.45, 2.75) is 44.7 Å². The number of nitrogens with one attached hydrogen (secondary N) is 1. The number of nitrogens with zero attached hydrogens (tertiary/aromatic N) is 3. The van der Waals surface area contributed by atoms with E-state index >= 15 is 0 Å². The van der Waals surface area contributed by atoms with Crippen LogP contribution in [0.5, 0.6) is 0 Å². The Kier molecular flexibility index (Phi) is 3.86. The van der Waals surface area contributed by atoms with E-state index in [-0.39, 0.29) is 5.91 Å². The molecule has 0 saturated carbocycles. The normalized spacial score (nSPS) is 27.4. The van der Waals surface area contributed by atoms with Gasteiger partial charge in [0, 0.05) is 24.3 Å². The van der Waals surface area contributed by atoms with Crippen LogP contribution in [0.25, 0.3) is 0 Å². The summed E-state index contributed by atoms with van der Waals surface area (Å²) in [5.74, 6) is 0.0593. The first-order valence-corrected chi connectivity index (χ1v) is 8.10. The van der Waals surface area contributed by atoms with Crippen LogP contribution in [0.1, 0.15) is 41.9 Å². The first-order valence-electron chi connectivity index (χ1n) is 7.31. The molecule has 1 amide bonds. The van der Waals surface area contributed by atoms with Crippen molar-refractivity contribution in [1.29, 1.82) is 0 Å². The molecule has 2 aliphatic rings. The van der Waals surface area contributed by atoms with Crippen LogP contribution in [0.3, 0.4) is 0 Å². The van der Waals surface area contributed by atoms with Gasteiger partial charge in [-0.25, -0.2) is 0 Å². The van der Waals surface area contributed by atoms with Crippen molar-refractivity contribution in [3.63, 3.8) is 0 Å². The van der Waals surface area contributed by atoms with Crippen molar-refractivity contribution in [3.05, 3.63) is 15.9 Å². The molecule has 0 aromatic carbocycles. The zero-order valence-corrected chi connectivity index (χ0v) is 13.6. The van der Waals surface area contributed by atoms with Crippen LogP contribution in [-0.4, -0.2) is 58.1 Å². The summed E-state index contributed by atoms with van der Waals surface area (Å²) < 4.78 is 0.799. The predicted octanol–water partition coefficient (Wildman–Crippen LogP) is 2.18. The van der Waals surface area contributed by atoms with Gasteiger partial charge in [0.2, 0.25) is 0 Å². The van der Waals surface area contributed by atoms with Crippen molar-refractivity contribution in [2.24, 2.45) is 0 Å². The van der Waals surface area contributed by atoms with E-state index in [0.29, 0.717) is 17.8 Å². The highest BCUT2D eigenvalue weighted by Crippen LogP contribution is 2.31. The van der Waals surface area contributed by atoms with E-state index in [0.717, 1.165) is 36.1 Å². The van der Waals surface area contributed by atoms with Crippen LogP contribution in [0.4, 0.5) is 0 Å². The van der Waals surface area contributed by atoms with Crippen LogP contribution in [0.2, 0.25) is 0 Å². The maximum atomic E-state index is 12.7. The molecular formula is C14H21BrN4O. The Hall–Kier alpha value is -0.880. The molecule has 1 aromatic heterocycles. The Morgan fingerprint density at radius 1 is 1.30 bits per heavy atom. The van der Waals surface area contributed by atoms with Gasteiger partial charge in [0.1, 0.15) is 0 Å². The number of rotatable bonds is 2. The Labute approximate surface area is 127 Å². The maximum Gasteiger partial charge on any atom is 0.275 e. The molecule has 3 rings (SSSR count). The van der Waals surface area contributed by atoms with Gasteiger partial charge >= 0.3 is 0 Å². The van der Waals surface area contributed by atoms with E-state index in [9.17, 15) is 4.79 Å². The van der Waals surface area contributed by atoms with E-state index < -0.39 is 0 Å². The summed E-state index contributed by atoms with van der Waals surface area (Å²) in [7, 11) is 2.17. The molecule has 0 aliphatic carbocycles. The summed E-state index contributed by atoms with van der Waals surface area (Å²) in [5.41, 5.74) is 1.43. The topological polar surface area (TPSA) is 52.2 Å². The minimum atomic E-state index is 0.0593. The van der Waals surface area contributed by atoms with E-state index in [4.69, 9.17) is 0 Å². The number of hydrogen-bond donors (Lipinski definition) is 1. The van der Waals surface area contributed by atoms with Crippen LogP contribution in [0.15, 0.2) is 4.47 Å². The number of aromatic nitrogens is 2. The number of aromatic amines is 1. The van der Waals surface area contributed by atoms with Gasteiger partial charge in [0.15, 0.2) is 5.69 Å². The molecule has 0 bridgehead atoms. The van der Waals surface area contributed by atoms with Crippen molar-refractivity contribution >= 4 is 21.8 Å². The van der Waals surface area contributed by atoms with E-state index in [1.807, 2.05) is 11.8 Å². The predicted molar refractivity (Wildman–Crippen MR) is 80.7 cm³/mol. The second-order valence-electron chi connectivity index (χ2n) is 5.91. The third-order valence-electron chi connectivity index (χ3n) is 4.66. The Bertz CT molecular complexity index is 515. The lowest BCUT2D eigenvalue weighted by Crippen LogP contribution is -2.47. The molecular weight excluding hydrogens is 320 g/mol. The van der Waals surface area contributed by atoms with Gasteiger partial charge in [-0.3, -0.25) is 9.89 Å².